The summed E-state index contributed by atoms with van der Waals surface area (Å²) >= 11 is 0. The maximum Gasteiger partial charge on any atom is 0.261 e. The molecule has 4 aromatic carbocycles. The molecular weight excluding hydrogens is 464 g/mol. The van der Waals surface area contributed by atoms with E-state index in [4.69, 9.17) is 9.47 Å². The number of carbonyl (C=O) groups excluding carboxylic acids is 2. The Bertz CT molecular complexity index is 1450. The molecule has 0 aromatic heterocycles. The van der Waals surface area contributed by atoms with Crippen LogP contribution < -0.4 is 14.8 Å². The summed E-state index contributed by atoms with van der Waals surface area (Å²) in [4.78, 5) is 27.3. The molecule has 2 aliphatic rings. The molecule has 0 fully saturated rings. The molecule has 0 aliphatic carbocycles. The molecule has 0 saturated carbocycles. The third-order valence-corrected chi connectivity index (χ3v) is 6.79. The molecule has 2 amide bonds. The molecule has 184 valence electrons. The van der Waals surface area contributed by atoms with Crippen LogP contribution in [0, 0.1) is 0 Å². The molecule has 0 radical (unpaired) electrons. The van der Waals surface area contributed by atoms with Crippen molar-refractivity contribution in [2.75, 3.05) is 13.2 Å². The molecule has 6 heteroatoms. The van der Waals surface area contributed by atoms with Crippen molar-refractivity contribution in [3.8, 4) is 22.6 Å². The number of hydrogen-bond donors (Lipinski definition) is 1. The van der Waals surface area contributed by atoms with Crippen molar-refractivity contribution >= 4 is 11.8 Å². The Labute approximate surface area is 215 Å². The number of para-hydroxylation sites is 2. The third kappa shape index (κ3) is 4.47. The summed E-state index contributed by atoms with van der Waals surface area (Å²) in [7, 11) is 0. The molecule has 6 rings (SSSR count). The summed E-state index contributed by atoms with van der Waals surface area (Å²) in [6.45, 7) is 1.99. The van der Waals surface area contributed by atoms with E-state index in [0.29, 0.717) is 30.8 Å². The van der Waals surface area contributed by atoms with Crippen LogP contribution in [0.15, 0.2) is 97.1 Å². The minimum absolute atomic E-state index is 0.0804. The molecular formula is C31H26N2O4. The molecule has 0 saturated heterocycles. The summed E-state index contributed by atoms with van der Waals surface area (Å²) < 4.78 is 11.9. The summed E-state index contributed by atoms with van der Waals surface area (Å²) in [5, 5.41) is 3.51. The first-order chi connectivity index (χ1) is 18.2. The Kier molecular flexibility index (Phi) is 6.16. The SMILES string of the molecule is O=C1c2ccccc2C(=O)N1Cc1ccccc1-c1ccccc1CNCC1COc2ccccc2O1. The topological polar surface area (TPSA) is 67.9 Å². The quantitative estimate of drug-likeness (QED) is 0.366. The van der Waals surface area contributed by atoms with Crippen molar-refractivity contribution in [3.05, 3.63) is 119 Å². The van der Waals surface area contributed by atoms with Crippen LogP contribution in [0.3, 0.4) is 0 Å². The van der Waals surface area contributed by atoms with E-state index in [1.165, 1.54) is 4.90 Å². The average molecular weight is 491 g/mol. The Morgan fingerprint density at radius 1 is 0.676 bits per heavy atom. The zero-order chi connectivity index (χ0) is 25.2. The molecule has 37 heavy (non-hydrogen) atoms. The molecule has 2 aliphatic heterocycles. The van der Waals surface area contributed by atoms with Gasteiger partial charge in [0.1, 0.15) is 12.7 Å². The van der Waals surface area contributed by atoms with Crippen molar-refractivity contribution in [2.24, 2.45) is 0 Å². The fraction of sp³-hybridized carbons (Fsp3) is 0.161. The molecule has 4 aromatic rings. The van der Waals surface area contributed by atoms with Gasteiger partial charge in [0, 0.05) is 13.1 Å². The lowest BCUT2D eigenvalue weighted by molar-refractivity contribution is 0.0642. The van der Waals surface area contributed by atoms with Crippen molar-refractivity contribution < 1.29 is 19.1 Å². The van der Waals surface area contributed by atoms with Gasteiger partial charge in [-0.15, -0.1) is 0 Å². The fourth-order valence-corrected chi connectivity index (χ4v) is 4.94. The van der Waals surface area contributed by atoms with Gasteiger partial charge < -0.3 is 14.8 Å². The Balaban J connectivity index is 1.18. The van der Waals surface area contributed by atoms with Crippen LogP contribution in [0.1, 0.15) is 31.8 Å². The second-order valence-electron chi connectivity index (χ2n) is 9.18. The van der Waals surface area contributed by atoms with Gasteiger partial charge in [0.05, 0.1) is 17.7 Å². The predicted octanol–water partition coefficient (Wildman–Crippen LogP) is 5.08. The number of benzene rings is 4. The van der Waals surface area contributed by atoms with Gasteiger partial charge in [-0.25, -0.2) is 0 Å². The first-order valence-corrected chi connectivity index (χ1v) is 12.4. The monoisotopic (exact) mass is 490 g/mol. The van der Waals surface area contributed by atoms with Crippen molar-refractivity contribution in [1.29, 1.82) is 0 Å². The normalized spacial score (nSPS) is 16.1. The van der Waals surface area contributed by atoms with E-state index >= 15 is 0 Å². The van der Waals surface area contributed by atoms with E-state index in [1.54, 1.807) is 24.3 Å². The second kappa shape index (κ2) is 9.91. The maximum atomic E-state index is 13.0. The zero-order valence-electron chi connectivity index (χ0n) is 20.2. The van der Waals surface area contributed by atoms with Crippen LogP contribution in [0.25, 0.3) is 11.1 Å². The third-order valence-electron chi connectivity index (χ3n) is 6.79. The van der Waals surface area contributed by atoms with Gasteiger partial charge in [0.15, 0.2) is 11.5 Å². The van der Waals surface area contributed by atoms with Gasteiger partial charge in [-0.2, -0.15) is 0 Å². The summed E-state index contributed by atoms with van der Waals surface area (Å²) in [6, 6.07) is 30.8. The number of ether oxygens (including phenoxy) is 2. The number of imide groups is 1. The minimum Gasteiger partial charge on any atom is -0.486 e. The van der Waals surface area contributed by atoms with E-state index in [-0.39, 0.29) is 24.5 Å². The van der Waals surface area contributed by atoms with Crippen molar-refractivity contribution in [3.63, 3.8) is 0 Å². The molecule has 0 spiro atoms. The molecule has 1 N–H and O–H groups in total. The van der Waals surface area contributed by atoms with Gasteiger partial charge in [0.25, 0.3) is 11.8 Å². The molecule has 6 nitrogen and oxygen atoms in total. The number of fused-ring (bicyclic) bond motifs is 2. The maximum absolute atomic E-state index is 13.0. The number of nitrogens with zero attached hydrogens (tertiary/aromatic N) is 1. The summed E-state index contributed by atoms with van der Waals surface area (Å²) in [5.41, 5.74) is 5.03. The molecule has 2 heterocycles. The predicted molar refractivity (Wildman–Crippen MR) is 141 cm³/mol. The smallest absolute Gasteiger partial charge is 0.261 e. The van der Waals surface area contributed by atoms with E-state index in [1.807, 2.05) is 60.7 Å². The van der Waals surface area contributed by atoms with Gasteiger partial charge in [-0.1, -0.05) is 72.8 Å². The number of hydrogen-bond acceptors (Lipinski definition) is 5. The van der Waals surface area contributed by atoms with Gasteiger partial charge >= 0.3 is 0 Å². The zero-order valence-corrected chi connectivity index (χ0v) is 20.2. The van der Waals surface area contributed by atoms with Crippen molar-refractivity contribution in [2.45, 2.75) is 19.2 Å². The van der Waals surface area contributed by atoms with E-state index in [0.717, 1.165) is 33.8 Å². The van der Waals surface area contributed by atoms with E-state index < -0.39 is 0 Å². The highest BCUT2D eigenvalue weighted by molar-refractivity contribution is 6.21. The molecule has 1 unspecified atom stereocenters. The Morgan fingerprint density at radius 2 is 1.22 bits per heavy atom. The van der Waals surface area contributed by atoms with Crippen LogP contribution in [-0.4, -0.2) is 36.0 Å². The van der Waals surface area contributed by atoms with Crippen LogP contribution in [0.4, 0.5) is 0 Å². The summed E-state index contributed by atoms with van der Waals surface area (Å²) in [5.74, 6) is 1.05. The first-order valence-electron chi connectivity index (χ1n) is 12.4. The van der Waals surface area contributed by atoms with Crippen LogP contribution >= 0.6 is 0 Å². The molecule has 1 atom stereocenters. The lowest BCUT2D eigenvalue weighted by Gasteiger charge is -2.26. The van der Waals surface area contributed by atoms with Gasteiger partial charge in [0.2, 0.25) is 0 Å². The highest BCUT2D eigenvalue weighted by Crippen LogP contribution is 2.32. The van der Waals surface area contributed by atoms with Crippen LogP contribution in [-0.2, 0) is 13.1 Å². The second-order valence-corrected chi connectivity index (χ2v) is 9.18. The number of nitrogens with one attached hydrogen (secondary N) is 1. The van der Waals surface area contributed by atoms with E-state index in [9.17, 15) is 9.59 Å². The lowest BCUT2D eigenvalue weighted by Crippen LogP contribution is -2.38. The Hall–Kier alpha value is -4.42. The van der Waals surface area contributed by atoms with Crippen LogP contribution in [0.2, 0.25) is 0 Å². The largest absolute Gasteiger partial charge is 0.486 e. The number of amides is 2. The number of carbonyl (C=O) groups is 2. The van der Waals surface area contributed by atoms with E-state index in [2.05, 4.69) is 17.4 Å². The first kappa shape index (κ1) is 23.0. The number of rotatable bonds is 7. The van der Waals surface area contributed by atoms with Gasteiger partial charge in [-0.05, 0) is 46.5 Å². The van der Waals surface area contributed by atoms with Crippen molar-refractivity contribution in [1.82, 2.24) is 10.2 Å². The Morgan fingerprint density at radius 3 is 1.92 bits per heavy atom. The standard InChI is InChI=1S/C31H26N2O4/c34-30-26-13-5-6-14-27(26)31(35)33(30)19-22-10-2-4-12-25(22)24-11-3-1-9-21(24)17-32-18-23-20-36-28-15-7-8-16-29(28)37-23/h1-16,23,32H,17-20H2. The average Bonchev–Trinajstić information content (AvgIpc) is 3.18. The highest BCUT2D eigenvalue weighted by atomic mass is 16.6. The minimum atomic E-state index is -0.248. The highest BCUT2D eigenvalue weighted by Gasteiger charge is 2.35. The fourth-order valence-electron chi connectivity index (χ4n) is 4.94. The lowest BCUT2D eigenvalue weighted by atomic mass is 9.95. The van der Waals surface area contributed by atoms with Crippen LogP contribution in [0.5, 0.6) is 11.5 Å². The molecule has 0 bridgehead atoms. The van der Waals surface area contributed by atoms with Gasteiger partial charge in [-0.3, -0.25) is 14.5 Å². The summed E-state index contributed by atoms with van der Waals surface area (Å²) in [6.07, 6.45) is -0.0804.